The molecule has 0 spiro atoms. The van der Waals surface area contributed by atoms with Crippen LogP contribution >= 0.6 is 0 Å². The third-order valence-electron chi connectivity index (χ3n) is 2.78. The van der Waals surface area contributed by atoms with E-state index in [-0.39, 0.29) is 6.04 Å². The molecular weight excluding hydrogens is 250 g/mol. The van der Waals surface area contributed by atoms with Gasteiger partial charge in [0.1, 0.15) is 0 Å². The SMILES string of the molecule is CCNCc1cc(S(=O)(=O)N(CC)C(C)C)c[nH]1. The Bertz CT molecular complexity index is 465. The first-order chi connectivity index (χ1) is 8.43. The minimum absolute atomic E-state index is 0.0351. The zero-order chi connectivity index (χ0) is 13.8. The van der Waals surface area contributed by atoms with Crippen molar-refractivity contribution in [3.63, 3.8) is 0 Å². The molecule has 0 atom stereocenters. The molecule has 0 unspecified atom stereocenters. The topological polar surface area (TPSA) is 65.2 Å². The lowest BCUT2D eigenvalue weighted by atomic mass is 10.4. The first kappa shape index (κ1) is 15.2. The minimum Gasteiger partial charge on any atom is -0.363 e. The van der Waals surface area contributed by atoms with E-state index in [1.54, 1.807) is 12.3 Å². The molecule has 1 aromatic rings. The summed E-state index contributed by atoms with van der Waals surface area (Å²) in [6.07, 6.45) is 1.56. The van der Waals surface area contributed by atoms with Gasteiger partial charge >= 0.3 is 0 Å². The zero-order valence-electron chi connectivity index (χ0n) is 11.5. The number of hydrogen-bond acceptors (Lipinski definition) is 3. The molecule has 1 heterocycles. The molecule has 0 bridgehead atoms. The van der Waals surface area contributed by atoms with Crippen molar-refractivity contribution in [1.29, 1.82) is 0 Å². The van der Waals surface area contributed by atoms with Gasteiger partial charge in [-0.2, -0.15) is 4.31 Å². The number of nitrogens with one attached hydrogen (secondary N) is 2. The van der Waals surface area contributed by atoms with Crippen LogP contribution in [0, 0.1) is 0 Å². The maximum absolute atomic E-state index is 12.4. The van der Waals surface area contributed by atoms with E-state index in [0.29, 0.717) is 18.0 Å². The number of aromatic amines is 1. The van der Waals surface area contributed by atoms with Gasteiger partial charge < -0.3 is 10.3 Å². The van der Waals surface area contributed by atoms with E-state index in [0.717, 1.165) is 12.2 Å². The number of H-pyrrole nitrogens is 1. The lowest BCUT2D eigenvalue weighted by molar-refractivity contribution is 0.369. The molecule has 0 aromatic carbocycles. The van der Waals surface area contributed by atoms with Gasteiger partial charge in [0.15, 0.2) is 0 Å². The Morgan fingerprint density at radius 1 is 1.39 bits per heavy atom. The van der Waals surface area contributed by atoms with Crippen LogP contribution in [0.1, 0.15) is 33.4 Å². The average molecular weight is 273 g/mol. The van der Waals surface area contributed by atoms with Crippen molar-refractivity contribution in [3.05, 3.63) is 18.0 Å². The quantitative estimate of drug-likeness (QED) is 0.792. The van der Waals surface area contributed by atoms with Crippen LogP contribution in [0.4, 0.5) is 0 Å². The molecule has 0 saturated heterocycles. The minimum atomic E-state index is -3.38. The lowest BCUT2D eigenvalue weighted by Gasteiger charge is -2.23. The molecule has 5 nitrogen and oxygen atoms in total. The van der Waals surface area contributed by atoms with Gasteiger partial charge in [-0.25, -0.2) is 8.42 Å². The number of hydrogen-bond donors (Lipinski definition) is 2. The normalized spacial score (nSPS) is 12.6. The van der Waals surface area contributed by atoms with Crippen molar-refractivity contribution < 1.29 is 8.42 Å². The van der Waals surface area contributed by atoms with E-state index in [1.807, 2.05) is 27.7 Å². The van der Waals surface area contributed by atoms with Crippen LogP contribution in [-0.4, -0.2) is 36.8 Å². The molecule has 0 aliphatic heterocycles. The standard InChI is InChI=1S/C12H23N3O2S/c1-5-13-8-11-7-12(9-14-11)18(16,17)15(6-2)10(3)4/h7,9-10,13-14H,5-6,8H2,1-4H3. The highest BCUT2D eigenvalue weighted by Gasteiger charge is 2.26. The predicted octanol–water partition coefficient (Wildman–Crippen LogP) is 1.54. The fraction of sp³-hybridized carbons (Fsp3) is 0.667. The Balaban J connectivity index is 2.94. The fourth-order valence-electron chi connectivity index (χ4n) is 1.88. The van der Waals surface area contributed by atoms with Crippen molar-refractivity contribution >= 4 is 10.0 Å². The van der Waals surface area contributed by atoms with E-state index >= 15 is 0 Å². The summed E-state index contributed by atoms with van der Waals surface area (Å²) in [6, 6.07) is 1.66. The van der Waals surface area contributed by atoms with Crippen molar-refractivity contribution in [3.8, 4) is 0 Å². The Morgan fingerprint density at radius 2 is 2.06 bits per heavy atom. The van der Waals surface area contributed by atoms with Gasteiger partial charge in [0.2, 0.25) is 10.0 Å². The van der Waals surface area contributed by atoms with E-state index in [2.05, 4.69) is 10.3 Å². The summed E-state index contributed by atoms with van der Waals surface area (Å²) < 4.78 is 26.2. The highest BCUT2D eigenvalue weighted by atomic mass is 32.2. The monoisotopic (exact) mass is 273 g/mol. The van der Waals surface area contributed by atoms with Crippen LogP contribution in [-0.2, 0) is 16.6 Å². The molecule has 18 heavy (non-hydrogen) atoms. The van der Waals surface area contributed by atoms with Gasteiger partial charge in [-0.3, -0.25) is 0 Å². The van der Waals surface area contributed by atoms with Crippen LogP contribution in [0.25, 0.3) is 0 Å². The predicted molar refractivity (Wildman–Crippen MR) is 72.9 cm³/mol. The van der Waals surface area contributed by atoms with E-state index < -0.39 is 10.0 Å². The molecular formula is C12H23N3O2S. The Hall–Kier alpha value is -0.850. The summed E-state index contributed by atoms with van der Waals surface area (Å²) in [5.74, 6) is 0. The second kappa shape index (κ2) is 6.36. The summed E-state index contributed by atoms with van der Waals surface area (Å²) >= 11 is 0. The van der Waals surface area contributed by atoms with Crippen molar-refractivity contribution in [2.24, 2.45) is 0 Å². The third-order valence-corrected chi connectivity index (χ3v) is 4.90. The lowest BCUT2D eigenvalue weighted by Crippen LogP contribution is -2.36. The molecule has 0 aliphatic carbocycles. The van der Waals surface area contributed by atoms with Crippen molar-refractivity contribution in [2.75, 3.05) is 13.1 Å². The maximum Gasteiger partial charge on any atom is 0.244 e. The van der Waals surface area contributed by atoms with Crippen LogP contribution in [0.3, 0.4) is 0 Å². The van der Waals surface area contributed by atoms with Crippen LogP contribution in [0.15, 0.2) is 17.2 Å². The van der Waals surface area contributed by atoms with Gasteiger partial charge in [0.25, 0.3) is 0 Å². The maximum atomic E-state index is 12.4. The molecule has 0 amide bonds. The van der Waals surface area contributed by atoms with Gasteiger partial charge in [-0.1, -0.05) is 13.8 Å². The van der Waals surface area contributed by atoms with Gasteiger partial charge in [0.05, 0.1) is 4.90 Å². The summed E-state index contributed by atoms with van der Waals surface area (Å²) in [5, 5.41) is 3.16. The Morgan fingerprint density at radius 3 is 2.56 bits per heavy atom. The molecule has 0 radical (unpaired) electrons. The largest absolute Gasteiger partial charge is 0.363 e. The highest BCUT2D eigenvalue weighted by Crippen LogP contribution is 2.18. The molecule has 104 valence electrons. The Labute approximate surface area is 110 Å². The van der Waals surface area contributed by atoms with E-state index in [9.17, 15) is 8.42 Å². The molecule has 0 fully saturated rings. The third kappa shape index (κ3) is 3.34. The molecule has 0 saturated carbocycles. The highest BCUT2D eigenvalue weighted by molar-refractivity contribution is 7.89. The number of nitrogens with zero attached hydrogens (tertiary/aromatic N) is 1. The fourth-order valence-corrected chi connectivity index (χ4v) is 3.54. The molecule has 0 aliphatic rings. The summed E-state index contributed by atoms with van der Waals surface area (Å²) in [7, 11) is -3.38. The zero-order valence-corrected chi connectivity index (χ0v) is 12.3. The van der Waals surface area contributed by atoms with Gasteiger partial charge in [0, 0.05) is 31.0 Å². The van der Waals surface area contributed by atoms with Gasteiger partial charge in [-0.15, -0.1) is 0 Å². The molecule has 6 heteroatoms. The Kier molecular flexibility index (Phi) is 5.37. The second-order valence-electron chi connectivity index (χ2n) is 4.44. The molecule has 1 rings (SSSR count). The van der Waals surface area contributed by atoms with Crippen molar-refractivity contribution in [2.45, 2.75) is 45.2 Å². The molecule has 1 aromatic heterocycles. The van der Waals surface area contributed by atoms with Gasteiger partial charge in [-0.05, 0) is 26.5 Å². The van der Waals surface area contributed by atoms with E-state index in [1.165, 1.54) is 4.31 Å². The first-order valence-corrected chi connectivity index (χ1v) is 7.77. The summed E-state index contributed by atoms with van der Waals surface area (Å²) in [4.78, 5) is 3.34. The van der Waals surface area contributed by atoms with Crippen LogP contribution < -0.4 is 5.32 Å². The number of aromatic nitrogens is 1. The van der Waals surface area contributed by atoms with Crippen molar-refractivity contribution in [1.82, 2.24) is 14.6 Å². The summed E-state index contributed by atoms with van der Waals surface area (Å²) in [5.41, 5.74) is 0.884. The van der Waals surface area contributed by atoms with E-state index in [4.69, 9.17) is 0 Å². The number of rotatable bonds is 7. The number of sulfonamides is 1. The second-order valence-corrected chi connectivity index (χ2v) is 6.33. The first-order valence-electron chi connectivity index (χ1n) is 6.33. The summed E-state index contributed by atoms with van der Waals surface area (Å²) in [6.45, 7) is 9.62. The van der Waals surface area contributed by atoms with Crippen LogP contribution in [0.2, 0.25) is 0 Å². The molecule has 2 N–H and O–H groups in total. The average Bonchev–Trinajstić information content (AvgIpc) is 2.75. The van der Waals surface area contributed by atoms with Crippen LogP contribution in [0.5, 0.6) is 0 Å². The smallest absolute Gasteiger partial charge is 0.244 e.